The fraction of sp³-hybridized carbons (Fsp3) is 0.533. The van der Waals surface area contributed by atoms with Gasteiger partial charge in [0, 0.05) is 26.2 Å². The van der Waals surface area contributed by atoms with Gasteiger partial charge in [-0.3, -0.25) is 9.69 Å². The molecular weight excluding hydrogens is 256 g/mol. The zero-order chi connectivity index (χ0) is 14.4. The summed E-state index contributed by atoms with van der Waals surface area (Å²) in [6, 6.07) is 6.84. The monoisotopic (exact) mass is 278 g/mol. The highest BCUT2D eigenvalue weighted by molar-refractivity contribution is 5.75. The lowest BCUT2D eigenvalue weighted by Crippen LogP contribution is -2.47. The SMILES string of the molecule is CCCOc1cccc(C(C(=O)O)N2CCNCC2)c1. The largest absolute Gasteiger partial charge is 0.494 e. The molecule has 1 atom stereocenters. The zero-order valence-electron chi connectivity index (χ0n) is 11.8. The van der Waals surface area contributed by atoms with Gasteiger partial charge in [0.05, 0.1) is 6.61 Å². The van der Waals surface area contributed by atoms with Crippen molar-refractivity contribution < 1.29 is 14.6 Å². The molecule has 1 unspecified atom stereocenters. The predicted molar refractivity (Wildman–Crippen MR) is 77.0 cm³/mol. The van der Waals surface area contributed by atoms with Crippen LogP contribution in [0.4, 0.5) is 0 Å². The summed E-state index contributed by atoms with van der Waals surface area (Å²) in [5, 5.41) is 12.8. The molecule has 2 N–H and O–H groups in total. The van der Waals surface area contributed by atoms with Crippen molar-refractivity contribution in [3.63, 3.8) is 0 Å². The average molecular weight is 278 g/mol. The van der Waals surface area contributed by atoms with Crippen molar-refractivity contribution in [2.24, 2.45) is 0 Å². The molecule has 0 radical (unpaired) electrons. The summed E-state index contributed by atoms with van der Waals surface area (Å²) in [6.07, 6.45) is 0.935. The van der Waals surface area contributed by atoms with Gasteiger partial charge >= 0.3 is 5.97 Å². The van der Waals surface area contributed by atoms with Gasteiger partial charge in [-0.1, -0.05) is 19.1 Å². The molecule has 110 valence electrons. The molecule has 20 heavy (non-hydrogen) atoms. The Balaban J connectivity index is 2.17. The standard InChI is InChI=1S/C15H22N2O3/c1-2-10-20-13-5-3-4-12(11-13)14(15(18)19)17-8-6-16-7-9-17/h3-5,11,14,16H,2,6-10H2,1H3,(H,18,19). The number of ether oxygens (including phenoxy) is 1. The smallest absolute Gasteiger partial charge is 0.325 e. The normalized spacial score (nSPS) is 17.6. The van der Waals surface area contributed by atoms with Gasteiger partial charge in [0.15, 0.2) is 0 Å². The zero-order valence-corrected chi connectivity index (χ0v) is 11.8. The Morgan fingerprint density at radius 2 is 2.20 bits per heavy atom. The molecule has 5 nitrogen and oxygen atoms in total. The molecular formula is C15H22N2O3. The first-order valence-corrected chi connectivity index (χ1v) is 7.12. The third-order valence-corrected chi connectivity index (χ3v) is 3.40. The number of aliphatic carboxylic acids is 1. The van der Waals surface area contributed by atoms with Crippen LogP contribution in [0.15, 0.2) is 24.3 Å². The van der Waals surface area contributed by atoms with Crippen LogP contribution in [0.3, 0.4) is 0 Å². The molecule has 0 amide bonds. The maximum Gasteiger partial charge on any atom is 0.325 e. The van der Waals surface area contributed by atoms with Crippen molar-refractivity contribution in [1.82, 2.24) is 10.2 Å². The van der Waals surface area contributed by atoms with Crippen LogP contribution in [0.25, 0.3) is 0 Å². The van der Waals surface area contributed by atoms with Crippen LogP contribution in [0.5, 0.6) is 5.75 Å². The highest BCUT2D eigenvalue weighted by atomic mass is 16.5. The van der Waals surface area contributed by atoms with E-state index in [-0.39, 0.29) is 0 Å². The van der Waals surface area contributed by atoms with E-state index < -0.39 is 12.0 Å². The van der Waals surface area contributed by atoms with Crippen molar-refractivity contribution in [2.75, 3.05) is 32.8 Å². The highest BCUT2D eigenvalue weighted by Gasteiger charge is 2.28. The van der Waals surface area contributed by atoms with E-state index >= 15 is 0 Å². The van der Waals surface area contributed by atoms with Crippen molar-refractivity contribution in [3.8, 4) is 5.75 Å². The molecule has 1 aliphatic rings. The van der Waals surface area contributed by atoms with Gasteiger partial charge in [-0.15, -0.1) is 0 Å². The number of hydrogen-bond acceptors (Lipinski definition) is 4. The summed E-state index contributed by atoms with van der Waals surface area (Å²) in [4.78, 5) is 13.6. The summed E-state index contributed by atoms with van der Waals surface area (Å²) >= 11 is 0. The number of piperazine rings is 1. The van der Waals surface area contributed by atoms with Gasteiger partial charge in [-0.25, -0.2) is 0 Å². The summed E-state index contributed by atoms with van der Waals surface area (Å²) in [7, 11) is 0. The van der Waals surface area contributed by atoms with Crippen molar-refractivity contribution in [3.05, 3.63) is 29.8 Å². The molecule has 0 spiro atoms. The molecule has 1 aliphatic heterocycles. The number of nitrogens with zero attached hydrogens (tertiary/aromatic N) is 1. The van der Waals surface area contributed by atoms with Gasteiger partial charge in [0.1, 0.15) is 11.8 Å². The van der Waals surface area contributed by atoms with E-state index in [1.54, 1.807) is 0 Å². The van der Waals surface area contributed by atoms with E-state index in [1.807, 2.05) is 36.1 Å². The number of carbonyl (C=O) groups is 1. The number of benzene rings is 1. The van der Waals surface area contributed by atoms with E-state index in [2.05, 4.69) is 5.32 Å². The number of rotatable bonds is 6. The molecule has 1 heterocycles. The minimum atomic E-state index is -0.806. The molecule has 1 aromatic rings. The lowest BCUT2D eigenvalue weighted by Gasteiger charge is -2.32. The van der Waals surface area contributed by atoms with Crippen LogP contribution in [0.2, 0.25) is 0 Å². The second kappa shape index (κ2) is 7.26. The van der Waals surface area contributed by atoms with Crippen molar-refractivity contribution in [2.45, 2.75) is 19.4 Å². The second-order valence-electron chi connectivity index (χ2n) is 4.95. The number of nitrogens with one attached hydrogen (secondary N) is 1. The van der Waals surface area contributed by atoms with Crippen LogP contribution < -0.4 is 10.1 Å². The Morgan fingerprint density at radius 3 is 2.85 bits per heavy atom. The predicted octanol–water partition coefficient (Wildman–Crippen LogP) is 1.51. The summed E-state index contributed by atoms with van der Waals surface area (Å²) in [5.41, 5.74) is 0.785. The van der Waals surface area contributed by atoms with Gasteiger partial charge in [-0.05, 0) is 24.1 Å². The third-order valence-electron chi connectivity index (χ3n) is 3.40. The van der Waals surface area contributed by atoms with E-state index in [0.717, 1.165) is 43.9 Å². The van der Waals surface area contributed by atoms with Gasteiger partial charge in [0.2, 0.25) is 0 Å². The maximum absolute atomic E-state index is 11.6. The lowest BCUT2D eigenvalue weighted by atomic mass is 10.0. The summed E-state index contributed by atoms with van der Waals surface area (Å²) in [6.45, 7) is 5.85. The second-order valence-corrected chi connectivity index (χ2v) is 4.95. The van der Waals surface area contributed by atoms with E-state index in [9.17, 15) is 9.90 Å². The number of hydrogen-bond donors (Lipinski definition) is 2. The van der Waals surface area contributed by atoms with E-state index in [1.165, 1.54) is 0 Å². The topological polar surface area (TPSA) is 61.8 Å². The minimum Gasteiger partial charge on any atom is -0.494 e. The molecule has 0 saturated carbocycles. The summed E-state index contributed by atoms with van der Waals surface area (Å²) < 4.78 is 5.59. The van der Waals surface area contributed by atoms with Crippen LogP contribution in [0, 0.1) is 0 Å². The molecule has 2 rings (SSSR count). The van der Waals surface area contributed by atoms with E-state index in [4.69, 9.17) is 4.74 Å². The molecule has 1 aromatic carbocycles. The Morgan fingerprint density at radius 1 is 1.45 bits per heavy atom. The van der Waals surface area contributed by atoms with E-state index in [0.29, 0.717) is 6.61 Å². The maximum atomic E-state index is 11.6. The molecule has 0 aromatic heterocycles. The first kappa shape index (κ1) is 14.8. The first-order chi connectivity index (χ1) is 9.72. The Bertz CT molecular complexity index is 444. The number of carboxylic acid groups (broad SMARTS) is 1. The molecule has 1 fully saturated rings. The Hall–Kier alpha value is -1.59. The van der Waals surface area contributed by atoms with Gasteiger partial charge < -0.3 is 15.2 Å². The Kier molecular flexibility index (Phi) is 5.38. The molecule has 0 aliphatic carbocycles. The fourth-order valence-corrected chi connectivity index (χ4v) is 2.44. The van der Waals surface area contributed by atoms with Crippen LogP contribution in [0.1, 0.15) is 24.9 Å². The lowest BCUT2D eigenvalue weighted by molar-refractivity contribution is -0.143. The quantitative estimate of drug-likeness (QED) is 0.826. The minimum absolute atomic E-state index is 0.595. The van der Waals surface area contributed by atoms with Crippen molar-refractivity contribution in [1.29, 1.82) is 0 Å². The highest BCUT2D eigenvalue weighted by Crippen LogP contribution is 2.25. The number of carboxylic acids is 1. The van der Waals surface area contributed by atoms with Gasteiger partial charge in [-0.2, -0.15) is 0 Å². The fourth-order valence-electron chi connectivity index (χ4n) is 2.44. The molecule has 0 bridgehead atoms. The average Bonchev–Trinajstić information content (AvgIpc) is 2.46. The van der Waals surface area contributed by atoms with Crippen LogP contribution in [-0.4, -0.2) is 48.8 Å². The van der Waals surface area contributed by atoms with Crippen molar-refractivity contribution >= 4 is 5.97 Å². The van der Waals surface area contributed by atoms with Crippen LogP contribution >= 0.6 is 0 Å². The molecule has 1 saturated heterocycles. The first-order valence-electron chi connectivity index (χ1n) is 7.12. The summed E-state index contributed by atoms with van der Waals surface area (Å²) in [5.74, 6) is -0.0646. The van der Waals surface area contributed by atoms with Crippen LogP contribution in [-0.2, 0) is 4.79 Å². The third kappa shape index (κ3) is 3.71. The van der Waals surface area contributed by atoms with Gasteiger partial charge in [0.25, 0.3) is 0 Å². The molecule has 5 heteroatoms. The Labute approximate surface area is 119 Å².